The Kier molecular flexibility index (Phi) is 6.63. The summed E-state index contributed by atoms with van der Waals surface area (Å²) >= 11 is 0. The van der Waals surface area contributed by atoms with Crippen LogP contribution in [0.15, 0.2) is 47.1 Å². The predicted molar refractivity (Wildman–Crippen MR) is 130 cm³/mol. The molecule has 1 amide bonds. The Bertz CT molecular complexity index is 1190. The molecular formula is C27H31NO5. The SMILES string of the molecule is COc1ccc(-c2coc3cc(OC)c(/C(C)=C/C(=O)N4CCCCC4C)cc23)cc1OC. The van der Waals surface area contributed by atoms with Crippen molar-refractivity contribution < 1.29 is 23.4 Å². The van der Waals surface area contributed by atoms with Gasteiger partial charge in [0, 0.05) is 41.2 Å². The standard InChI is InChI=1S/C27H31NO5/c1-17(12-27(29)28-11-7-6-8-18(28)2)20-14-21-22(16-33-25(21)15-24(20)31-4)19-9-10-23(30-3)26(13-19)32-5/h9-10,12-16,18H,6-8,11H2,1-5H3/b17-12+. The van der Waals surface area contributed by atoms with Crippen LogP contribution in [0.1, 0.15) is 38.7 Å². The van der Waals surface area contributed by atoms with E-state index in [0.717, 1.165) is 47.0 Å². The molecule has 174 valence electrons. The highest BCUT2D eigenvalue weighted by molar-refractivity contribution is 6.00. The number of ether oxygens (including phenoxy) is 3. The summed E-state index contributed by atoms with van der Waals surface area (Å²) in [6, 6.07) is 9.95. The number of carbonyl (C=O) groups is 1. The average molecular weight is 450 g/mol. The van der Waals surface area contributed by atoms with Gasteiger partial charge in [0.2, 0.25) is 5.91 Å². The van der Waals surface area contributed by atoms with E-state index in [1.54, 1.807) is 33.7 Å². The number of carbonyl (C=O) groups excluding carboxylic acids is 1. The fourth-order valence-electron chi connectivity index (χ4n) is 4.53. The maximum Gasteiger partial charge on any atom is 0.247 e. The average Bonchev–Trinajstić information content (AvgIpc) is 3.25. The zero-order chi connectivity index (χ0) is 23.5. The Balaban J connectivity index is 1.75. The van der Waals surface area contributed by atoms with Crippen LogP contribution in [-0.2, 0) is 4.79 Å². The van der Waals surface area contributed by atoms with Gasteiger partial charge in [0.15, 0.2) is 11.5 Å². The van der Waals surface area contributed by atoms with Gasteiger partial charge in [-0.05, 0) is 62.4 Å². The van der Waals surface area contributed by atoms with Crippen molar-refractivity contribution in [2.45, 2.75) is 39.2 Å². The predicted octanol–water partition coefficient (Wildman–Crippen LogP) is 5.93. The van der Waals surface area contributed by atoms with Crippen molar-refractivity contribution in [3.8, 4) is 28.4 Å². The first-order chi connectivity index (χ1) is 16.0. The molecule has 33 heavy (non-hydrogen) atoms. The number of hydrogen-bond acceptors (Lipinski definition) is 5. The van der Waals surface area contributed by atoms with Crippen LogP contribution in [0.25, 0.3) is 27.7 Å². The number of allylic oxidation sites excluding steroid dienone is 1. The number of furan rings is 1. The van der Waals surface area contributed by atoms with Gasteiger partial charge in [-0.3, -0.25) is 4.79 Å². The monoisotopic (exact) mass is 449 g/mol. The van der Waals surface area contributed by atoms with Crippen LogP contribution >= 0.6 is 0 Å². The highest BCUT2D eigenvalue weighted by atomic mass is 16.5. The number of likely N-dealkylation sites (tertiary alicyclic amines) is 1. The number of piperidine rings is 1. The molecule has 0 saturated carbocycles. The fraction of sp³-hybridized carbons (Fsp3) is 0.370. The van der Waals surface area contributed by atoms with Gasteiger partial charge >= 0.3 is 0 Å². The third-order valence-electron chi connectivity index (χ3n) is 6.44. The van der Waals surface area contributed by atoms with Gasteiger partial charge in [-0.25, -0.2) is 0 Å². The van der Waals surface area contributed by atoms with E-state index in [2.05, 4.69) is 6.92 Å². The summed E-state index contributed by atoms with van der Waals surface area (Å²) in [6.45, 7) is 4.88. The minimum Gasteiger partial charge on any atom is -0.496 e. The fourth-order valence-corrected chi connectivity index (χ4v) is 4.53. The Morgan fingerprint density at radius 2 is 1.79 bits per heavy atom. The van der Waals surface area contributed by atoms with E-state index in [1.165, 1.54) is 6.42 Å². The molecule has 0 N–H and O–H groups in total. The number of methoxy groups -OCH3 is 3. The molecule has 1 aliphatic rings. The van der Waals surface area contributed by atoms with Crippen molar-refractivity contribution in [3.05, 3.63) is 48.2 Å². The van der Waals surface area contributed by atoms with Crippen LogP contribution < -0.4 is 14.2 Å². The van der Waals surface area contributed by atoms with Crippen molar-refractivity contribution in [1.82, 2.24) is 4.90 Å². The second-order valence-corrected chi connectivity index (χ2v) is 8.47. The second-order valence-electron chi connectivity index (χ2n) is 8.47. The number of hydrogen-bond donors (Lipinski definition) is 0. The molecule has 1 aromatic heterocycles. The molecular weight excluding hydrogens is 418 g/mol. The summed E-state index contributed by atoms with van der Waals surface area (Å²) in [6.07, 6.45) is 6.74. The Morgan fingerprint density at radius 3 is 2.48 bits per heavy atom. The molecule has 3 aromatic rings. The van der Waals surface area contributed by atoms with Crippen LogP contribution in [0.3, 0.4) is 0 Å². The highest BCUT2D eigenvalue weighted by Crippen LogP contribution is 2.40. The number of benzene rings is 2. The Morgan fingerprint density at radius 1 is 1.03 bits per heavy atom. The van der Waals surface area contributed by atoms with E-state index in [-0.39, 0.29) is 11.9 Å². The number of rotatable bonds is 6. The third kappa shape index (κ3) is 4.42. The van der Waals surface area contributed by atoms with E-state index in [4.69, 9.17) is 18.6 Å². The molecule has 1 atom stereocenters. The minimum atomic E-state index is 0.0501. The minimum absolute atomic E-state index is 0.0501. The van der Waals surface area contributed by atoms with Gasteiger partial charge in [-0.1, -0.05) is 6.07 Å². The van der Waals surface area contributed by atoms with E-state index in [0.29, 0.717) is 22.8 Å². The van der Waals surface area contributed by atoms with Crippen molar-refractivity contribution in [2.75, 3.05) is 27.9 Å². The molecule has 2 aromatic carbocycles. The van der Waals surface area contributed by atoms with Crippen molar-refractivity contribution in [2.24, 2.45) is 0 Å². The summed E-state index contributed by atoms with van der Waals surface area (Å²) in [4.78, 5) is 15.0. The Hall–Kier alpha value is -3.41. The smallest absolute Gasteiger partial charge is 0.247 e. The lowest BCUT2D eigenvalue weighted by molar-refractivity contribution is -0.129. The van der Waals surface area contributed by atoms with Crippen LogP contribution in [0.4, 0.5) is 0 Å². The first kappa shape index (κ1) is 22.8. The maximum absolute atomic E-state index is 13.0. The van der Waals surface area contributed by atoms with Crippen LogP contribution in [-0.4, -0.2) is 44.7 Å². The van der Waals surface area contributed by atoms with Gasteiger partial charge in [-0.15, -0.1) is 0 Å². The summed E-state index contributed by atoms with van der Waals surface area (Å²) < 4.78 is 22.3. The second kappa shape index (κ2) is 9.61. The van der Waals surface area contributed by atoms with Crippen LogP contribution in [0.2, 0.25) is 0 Å². The summed E-state index contributed by atoms with van der Waals surface area (Å²) in [5.41, 5.74) is 4.31. The summed E-state index contributed by atoms with van der Waals surface area (Å²) in [5, 5.41) is 0.935. The van der Waals surface area contributed by atoms with Gasteiger partial charge in [0.05, 0.1) is 27.6 Å². The lowest BCUT2D eigenvalue weighted by Gasteiger charge is -2.32. The molecule has 1 saturated heterocycles. The summed E-state index contributed by atoms with van der Waals surface area (Å²) in [7, 11) is 4.86. The van der Waals surface area contributed by atoms with Crippen LogP contribution in [0.5, 0.6) is 17.2 Å². The maximum atomic E-state index is 13.0. The molecule has 1 fully saturated rings. The summed E-state index contributed by atoms with van der Waals surface area (Å²) in [5.74, 6) is 2.04. The van der Waals surface area contributed by atoms with Crippen molar-refractivity contribution in [1.29, 1.82) is 0 Å². The molecule has 0 aliphatic carbocycles. The number of nitrogens with zero attached hydrogens (tertiary/aromatic N) is 1. The molecule has 0 radical (unpaired) electrons. The van der Waals surface area contributed by atoms with Crippen molar-refractivity contribution in [3.63, 3.8) is 0 Å². The van der Waals surface area contributed by atoms with Crippen LogP contribution in [0, 0.1) is 0 Å². The van der Waals surface area contributed by atoms with E-state index in [1.807, 2.05) is 42.2 Å². The first-order valence-corrected chi connectivity index (χ1v) is 11.3. The normalized spacial score (nSPS) is 16.7. The first-order valence-electron chi connectivity index (χ1n) is 11.3. The molecule has 0 bridgehead atoms. The van der Waals surface area contributed by atoms with Gasteiger partial charge in [-0.2, -0.15) is 0 Å². The number of amides is 1. The largest absolute Gasteiger partial charge is 0.496 e. The van der Waals surface area contributed by atoms with E-state index >= 15 is 0 Å². The lowest BCUT2D eigenvalue weighted by atomic mass is 9.98. The molecule has 1 unspecified atom stereocenters. The third-order valence-corrected chi connectivity index (χ3v) is 6.44. The van der Waals surface area contributed by atoms with Crippen molar-refractivity contribution >= 4 is 22.4 Å². The Labute approximate surface area is 194 Å². The van der Waals surface area contributed by atoms with Gasteiger partial charge in [0.1, 0.15) is 11.3 Å². The molecule has 0 spiro atoms. The molecule has 4 rings (SSSR count). The highest BCUT2D eigenvalue weighted by Gasteiger charge is 2.22. The molecule has 1 aliphatic heterocycles. The van der Waals surface area contributed by atoms with Gasteiger partial charge in [0.25, 0.3) is 0 Å². The quantitative estimate of drug-likeness (QED) is 0.437. The molecule has 6 nitrogen and oxygen atoms in total. The number of fused-ring (bicyclic) bond motifs is 1. The van der Waals surface area contributed by atoms with E-state index in [9.17, 15) is 4.79 Å². The zero-order valence-corrected chi connectivity index (χ0v) is 19.9. The topological polar surface area (TPSA) is 61.1 Å². The zero-order valence-electron chi connectivity index (χ0n) is 19.9. The van der Waals surface area contributed by atoms with E-state index < -0.39 is 0 Å². The molecule has 2 heterocycles. The van der Waals surface area contributed by atoms with Gasteiger partial charge < -0.3 is 23.5 Å². The molecule has 6 heteroatoms. The lowest BCUT2D eigenvalue weighted by Crippen LogP contribution is -2.41.